The summed E-state index contributed by atoms with van der Waals surface area (Å²) >= 11 is 0. The Balaban J connectivity index is 1.73. The average Bonchev–Trinajstić information content (AvgIpc) is 2.74. The van der Waals surface area contributed by atoms with E-state index in [0.717, 1.165) is 25.3 Å². The summed E-state index contributed by atoms with van der Waals surface area (Å²) in [6, 6.07) is 0.673. The van der Waals surface area contributed by atoms with E-state index in [0.29, 0.717) is 6.04 Å². The molecule has 4 nitrogen and oxygen atoms in total. The summed E-state index contributed by atoms with van der Waals surface area (Å²) in [5, 5.41) is 8.84. The molecule has 0 aliphatic carbocycles. The average molecular weight is 248 g/mol. The zero-order valence-electron chi connectivity index (χ0n) is 11.6. The molecule has 0 bridgehead atoms. The Morgan fingerprint density at radius 1 is 1.17 bits per heavy atom. The summed E-state index contributed by atoms with van der Waals surface area (Å²) in [5.41, 5.74) is 0. The van der Waals surface area contributed by atoms with Crippen LogP contribution in [0.5, 0.6) is 0 Å². The van der Waals surface area contributed by atoms with E-state index in [1.54, 1.807) is 0 Å². The van der Waals surface area contributed by atoms with Crippen LogP contribution in [0.25, 0.3) is 0 Å². The van der Waals surface area contributed by atoms with Crippen molar-refractivity contribution in [2.75, 3.05) is 13.6 Å². The molecule has 2 unspecified atom stereocenters. The van der Waals surface area contributed by atoms with Crippen molar-refractivity contribution in [1.29, 1.82) is 0 Å². The highest BCUT2D eigenvalue weighted by atomic mass is 15.3. The topological polar surface area (TPSA) is 34.0 Å². The van der Waals surface area contributed by atoms with Crippen molar-refractivity contribution in [2.45, 2.75) is 58.0 Å². The van der Waals surface area contributed by atoms with Crippen LogP contribution in [-0.2, 0) is 19.4 Å². The van der Waals surface area contributed by atoms with Crippen LogP contribution in [0.3, 0.4) is 0 Å². The van der Waals surface area contributed by atoms with Crippen LogP contribution in [-0.4, -0.2) is 39.3 Å². The van der Waals surface area contributed by atoms with E-state index < -0.39 is 0 Å². The maximum atomic E-state index is 4.45. The Morgan fingerprint density at radius 2 is 2.06 bits per heavy atom. The quantitative estimate of drug-likeness (QED) is 0.801. The van der Waals surface area contributed by atoms with Gasteiger partial charge in [0, 0.05) is 25.4 Å². The molecule has 3 rings (SSSR count). The van der Waals surface area contributed by atoms with Gasteiger partial charge in [0.25, 0.3) is 0 Å². The predicted octanol–water partition coefficient (Wildman–Crippen LogP) is 1.89. The summed E-state index contributed by atoms with van der Waals surface area (Å²) in [7, 11) is 2.25. The number of piperidine rings is 1. The second-order valence-electron chi connectivity index (χ2n) is 6.12. The number of likely N-dealkylation sites (tertiary alicyclic amines) is 1. The highest BCUT2D eigenvalue weighted by Crippen LogP contribution is 2.23. The Hall–Kier alpha value is -0.900. The first kappa shape index (κ1) is 12.2. The van der Waals surface area contributed by atoms with Crippen molar-refractivity contribution >= 4 is 0 Å². The first-order valence-corrected chi connectivity index (χ1v) is 7.35. The highest BCUT2D eigenvalue weighted by molar-refractivity contribution is 5.02. The minimum Gasteiger partial charge on any atom is -0.315 e. The van der Waals surface area contributed by atoms with Gasteiger partial charge in [-0.15, -0.1) is 10.2 Å². The summed E-state index contributed by atoms with van der Waals surface area (Å²) in [6.07, 6.45) is 7.49. The van der Waals surface area contributed by atoms with E-state index in [4.69, 9.17) is 0 Å². The molecule has 18 heavy (non-hydrogen) atoms. The lowest BCUT2D eigenvalue weighted by atomic mass is 9.98. The van der Waals surface area contributed by atoms with Crippen LogP contribution in [0.1, 0.15) is 44.3 Å². The fourth-order valence-electron chi connectivity index (χ4n) is 3.31. The zero-order valence-corrected chi connectivity index (χ0v) is 11.6. The number of hydrogen-bond acceptors (Lipinski definition) is 3. The third kappa shape index (κ3) is 2.30. The molecule has 2 aliphatic heterocycles. The van der Waals surface area contributed by atoms with E-state index in [-0.39, 0.29) is 0 Å². The molecule has 1 fully saturated rings. The maximum absolute atomic E-state index is 4.45. The van der Waals surface area contributed by atoms with Gasteiger partial charge in [0.05, 0.1) is 0 Å². The van der Waals surface area contributed by atoms with Gasteiger partial charge in [-0.25, -0.2) is 0 Å². The number of hydrogen-bond donors (Lipinski definition) is 0. The lowest BCUT2D eigenvalue weighted by Gasteiger charge is -2.32. The van der Waals surface area contributed by atoms with E-state index in [1.165, 1.54) is 43.9 Å². The largest absolute Gasteiger partial charge is 0.315 e. The number of nitrogens with zero attached hydrogens (tertiary/aromatic N) is 4. The van der Waals surface area contributed by atoms with E-state index in [1.807, 2.05) is 0 Å². The van der Waals surface area contributed by atoms with Crippen LogP contribution in [0.2, 0.25) is 0 Å². The normalized spacial score (nSPS) is 29.2. The summed E-state index contributed by atoms with van der Waals surface area (Å²) in [5.74, 6) is 3.20. The fraction of sp³-hybridized carbons (Fsp3) is 0.857. The van der Waals surface area contributed by atoms with Gasteiger partial charge in [0.1, 0.15) is 11.6 Å². The van der Waals surface area contributed by atoms with Crippen LogP contribution in [0.15, 0.2) is 0 Å². The molecule has 3 heterocycles. The van der Waals surface area contributed by atoms with Gasteiger partial charge >= 0.3 is 0 Å². The van der Waals surface area contributed by atoms with Crippen molar-refractivity contribution in [1.82, 2.24) is 19.7 Å². The van der Waals surface area contributed by atoms with Crippen LogP contribution >= 0.6 is 0 Å². The molecule has 0 spiro atoms. The van der Waals surface area contributed by atoms with Crippen molar-refractivity contribution in [3.05, 3.63) is 11.6 Å². The fourth-order valence-corrected chi connectivity index (χ4v) is 3.31. The van der Waals surface area contributed by atoms with Crippen LogP contribution in [0, 0.1) is 5.92 Å². The summed E-state index contributed by atoms with van der Waals surface area (Å²) < 4.78 is 2.38. The molecule has 1 aromatic heterocycles. The maximum Gasteiger partial charge on any atom is 0.134 e. The third-order valence-electron chi connectivity index (χ3n) is 4.62. The molecule has 0 N–H and O–H groups in total. The molecule has 0 radical (unpaired) electrons. The molecule has 1 aromatic rings. The molecule has 0 amide bonds. The van der Waals surface area contributed by atoms with Crippen molar-refractivity contribution < 1.29 is 0 Å². The highest BCUT2D eigenvalue weighted by Gasteiger charge is 2.25. The summed E-state index contributed by atoms with van der Waals surface area (Å²) in [4.78, 5) is 2.50. The predicted molar refractivity (Wildman–Crippen MR) is 71.5 cm³/mol. The minimum absolute atomic E-state index is 0.673. The lowest BCUT2D eigenvalue weighted by molar-refractivity contribution is 0.181. The Kier molecular flexibility index (Phi) is 3.37. The molecule has 1 saturated heterocycles. The molecule has 0 saturated carbocycles. The van der Waals surface area contributed by atoms with Gasteiger partial charge in [-0.05, 0) is 38.8 Å². The van der Waals surface area contributed by atoms with Gasteiger partial charge in [0.2, 0.25) is 0 Å². The van der Waals surface area contributed by atoms with E-state index in [9.17, 15) is 0 Å². The standard InChI is InChI=1S/C14H24N4/c1-11-6-8-18-13(9-11)15-16-14(18)10-12-5-3-4-7-17(12)2/h11-12H,3-10H2,1-2H3. The van der Waals surface area contributed by atoms with Gasteiger partial charge in [-0.2, -0.15) is 0 Å². The Bertz CT molecular complexity index is 412. The first-order valence-electron chi connectivity index (χ1n) is 7.35. The summed E-state index contributed by atoms with van der Waals surface area (Å²) in [6.45, 7) is 4.67. The number of fused-ring (bicyclic) bond motifs is 1. The second-order valence-corrected chi connectivity index (χ2v) is 6.12. The van der Waals surface area contributed by atoms with Gasteiger partial charge < -0.3 is 9.47 Å². The number of likely N-dealkylation sites (N-methyl/N-ethyl adjacent to an activating group) is 1. The molecule has 100 valence electrons. The SMILES string of the molecule is CC1CCn2c(nnc2CC2CCCCN2C)C1. The Morgan fingerprint density at radius 3 is 2.89 bits per heavy atom. The lowest BCUT2D eigenvalue weighted by Crippen LogP contribution is -2.38. The minimum atomic E-state index is 0.673. The van der Waals surface area contributed by atoms with Crippen molar-refractivity contribution in [2.24, 2.45) is 5.92 Å². The van der Waals surface area contributed by atoms with Crippen LogP contribution < -0.4 is 0 Å². The van der Waals surface area contributed by atoms with Gasteiger partial charge in [-0.3, -0.25) is 0 Å². The third-order valence-corrected chi connectivity index (χ3v) is 4.62. The van der Waals surface area contributed by atoms with Gasteiger partial charge in [0.15, 0.2) is 0 Å². The second kappa shape index (κ2) is 5.00. The molecular formula is C14H24N4. The van der Waals surface area contributed by atoms with Crippen molar-refractivity contribution in [3.8, 4) is 0 Å². The first-order chi connectivity index (χ1) is 8.74. The van der Waals surface area contributed by atoms with Crippen molar-refractivity contribution in [3.63, 3.8) is 0 Å². The molecule has 2 aliphatic rings. The van der Waals surface area contributed by atoms with E-state index >= 15 is 0 Å². The number of aromatic nitrogens is 3. The number of rotatable bonds is 2. The van der Waals surface area contributed by atoms with E-state index in [2.05, 4.69) is 33.6 Å². The Labute approximate surface area is 109 Å². The molecule has 0 aromatic carbocycles. The molecule has 4 heteroatoms. The van der Waals surface area contributed by atoms with Crippen LogP contribution in [0.4, 0.5) is 0 Å². The zero-order chi connectivity index (χ0) is 12.5. The smallest absolute Gasteiger partial charge is 0.134 e. The van der Waals surface area contributed by atoms with Gasteiger partial charge in [-0.1, -0.05) is 13.3 Å². The molecule has 2 atom stereocenters. The molecular weight excluding hydrogens is 224 g/mol. The monoisotopic (exact) mass is 248 g/mol.